The molecule has 0 aliphatic rings. The van der Waals surface area contributed by atoms with Crippen LogP contribution in [-0.4, -0.2) is 12.0 Å². The van der Waals surface area contributed by atoms with Crippen molar-refractivity contribution in [2.24, 2.45) is 0 Å². The van der Waals surface area contributed by atoms with Gasteiger partial charge in [0.25, 0.3) is 5.91 Å². The van der Waals surface area contributed by atoms with Crippen LogP contribution < -0.4 is 10.1 Å². The van der Waals surface area contributed by atoms with Crippen molar-refractivity contribution < 1.29 is 9.53 Å². The van der Waals surface area contributed by atoms with Gasteiger partial charge in [-0.3, -0.25) is 4.79 Å². The van der Waals surface area contributed by atoms with Gasteiger partial charge in [0, 0.05) is 0 Å². The number of hydrogen-bond donors (Lipinski definition) is 1. The molecule has 1 N–H and O–H groups in total. The summed E-state index contributed by atoms with van der Waals surface area (Å²) in [5, 5.41) is 3.18. The zero-order chi connectivity index (χ0) is 20.1. The van der Waals surface area contributed by atoms with Crippen LogP contribution in [0, 0.1) is 20.8 Å². The minimum Gasteiger partial charge on any atom is -0.481 e. The normalized spacial score (nSPS) is 12.9. The standard InChI is InChI=1S/C25H27NO2/c1-17-12-10-16-23(19(17)3)28-20(4)25(27)26-24(21-13-6-5-7-14-21)22-15-9-8-11-18(22)2/h5-16,20,24H,1-4H3,(H,26,27)/t20-,24-/m0/s1. The summed E-state index contributed by atoms with van der Waals surface area (Å²) in [5.41, 5.74) is 5.47. The Hall–Kier alpha value is -3.07. The molecule has 0 heterocycles. The highest BCUT2D eigenvalue weighted by molar-refractivity contribution is 5.81. The van der Waals surface area contributed by atoms with E-state index in [2.05, 4.69) is 24.4 Å². The quantitative estimate of drug-likeness (QED) is 0.638. The summed E-state index contributed by atoms with van der Waals surface area (Å²) in [6.07, 6.45) is -0.601. The van der Waals surface area contributed by atoms with Gasteiger partial charge in [-0.15, -0.1) is 0 Å². The van der Waals surface area contributed by atoms with Crippen LogP contribution in [0.25, 0.3) is 0 Å². The van der Waals surface area contributed by atoms with E-state index in [1.165, 1.54) is 0 Å². The van der Waals surface area contributed by atoms with Gasteiger partial charge >= 0.3 is 0 Å². The minimum atomic E-state index is -0.601. The van der Waals surface area contributed by atoms with Crippen molar-refractivity contribution in [3.05, 3.63) is 101 Å². The number of benzene rings is 3. The van der Waals surface area contributed by atoms with E-state index in [4.69, 9.17) is 4.74 Å². The van der Waals surface area contributed by atoms with Crippen molar-refractivity contribution >= 4 is 5.91 Å². The van der Waals surface area contributed by atoms with Crippen molar-refractivity contribution in [3.63, 3.8) is 0 Å². The summed E-state index contributed by atoms with van der Waals surface area (Å²) in [5.74, 6) is 0.604. The summed E-state index contributed by atoms with van der Waals surface area (Å²) in [4.78, 5) is 13.0. The number of hydrogen-bond acceptors (Lipinski definition) is 2. The second-order valence-electron chi connectivity index (χ2n) is 7.17. The van der Waals surface area contributed by atoms with Gasteiger partial charge in [-0.25, -0.2) is 0 Å². The summed E-state index contributed by atoms with van der Waals surface area (Å²) in [6, 6.07) is 23.8. The molecule has 3 heteroatoms. The maximum absolute atomic E-state index is 13.0. The van der Waals surface area contributed by atoms with Gasteiger partial charge in [-0.1, -0.05) is 66.7 Å². The monoisotopic (exact) mass is 373 g/mol. The van der Waals surface area contributed by atoms with Crippen LogP contribution in [0.1, 0.15) is 40.8 Å². The minimum absolute atomic E-state index is 0.141. The largest absolute Gasteiger partial charge is 0.481 e. The lowest BCUT2D eigenvalue weighted by Crippen LogP contribution is -2.39. The lowest BCUT2D eigenvalue weighted by Gasteiger charge is -2.24. The van der Waals surface area contributed by atoms with E-state index in [0.29, 0.717) is 0 Å². The Balaban J connectivity index is 1.83. The average molecular weight is 373 g/mol. The number of amides is 1. The molecule has 144 valence electrons. The maximum atomic E-state index is 13.0. The van der Waals surface area contributed by atoms with Gasteiger partial charge in [-0.2, -0.15) is 0 Å². The van der Waals surface area contributed by atoms with E-state index in [1.54, 1.807) is 6.92 Å². The zero-order valence-electron chi connectivity index (χ0n) is 16.9. The van der Waals surface area contributed by atoms with E-state index in [9.17, 15) is 4.79 Å². The van der Waals surface area contributed by atoms with Gasteiger partial charge in [0.15, 0.2) is 6.10 Å². The summed E-state index contributed by atoms with van der Waals surface area (Å²) in [6.45, 7) is 7.90. The van der Waals surface area contributed by atoms with Gasteiger partial charge in [0.05, 0.1) is 6.04 Å². The summed E-state index contributed by atoms with van der Waals surface area (Å²) >= 11 is 0. The highest BCUT2D eigenvalue weighted by atomic mass is 16.5. The molecule has 0 saturated heterocycles. The highest BCUT2D eigenvalue weighted by Crippen LogP contribution is 2.26. The van der Waals surface area contributed by atoms with Crippen LogP contribution in [0.2, 0.25) is 0 Å². The van der Waals surface area contributed by atoms with Gasteiger partial charge in [-0.05, 0) is 61.6 Å². The molecular formula is C25H27NO2. The first-order valence-electron chi connectivity index (χ1n) is 9.61. The van der Waals surface area contributed by atoms with Gasteiger partial charge < -0.3 is 10.1 Å². The molecule has 3 aromatic rings. The fraction of sp³-hybridized carbons (Fsp3) is 0.240. The van der Waals surface area contributed by atoms with Gasteiger partial charge in [0.1, 0.15) is 5.75 Å². The third-order valence-electron chi connectivity index (χ3n) is 5.15. The Bertz CT molecular complexity index is 950. The highest BCUT2D eigenvalue weighted by Gasteiger charge is 2.23. The topological polar surface area (TPSA) is 38.3 Å². The van der Waals surface area contributed by atoms with Crippen molar-refractivity contribution in [3.8, 4) is 5.75 Å². The fourth-order valence-corrected chi connectivity index (χ4v) is 3.25. The van der Waals surface area contributed by atoms with Crippen LogP contribution in [0.3, 0.4) is 0 Å². The first-order chi connectivity index (χ1) is 13.5. The average Bonchev–Trinajstić information content (AvgIpc) is 2.70. The van der Waals surface area contributed by atoms with Crippen LogP contribution in [0.15, 0.2) is 72.8 Å². The molecule has 0 unspecified atom stereocenters. The smallest absolute Gasteiger partial charge is 0.261 e. The SMILES string of the molecule is Cc1ccccc1[C@@H](NC(=O)[C@H](C)Oc1cccc(C)c1C)c1ccccc1. The molecular weight excluding hydrogens is 346 g/mol. The number of carbonyl (C=O) groups is 1. The first-order valence-corrected chi connectivity index (χ1v) is 9.61. The Morgan fingerprint density at radius 3 is 2.18 bits per heavy atom. The van der Waals surface area contributed by atoms with E-state index in [1.807, 2.05) is 74.5 Å². The summed E-state index contributed by atoms with van der Waals surface area (Å²) < 4.78 is 5.98. The van der Waals surface area contributed by atoms with E-state index in [-0.39, 0.29) is 11.9 Å². The van der Waals surface area contributed by atoms with Crippen LogP contribution in [0.4, 0.5) is 0 Å². The lowest BCUT2D eigenvalue weighted by molar-refractivity contribution is -0.127. The molecule has 0 fully saturated rings. The van der Waals surface area contributed by atoms with Crippen molar-refractivity contribution in [1.82, 2.24) is 5.32 Å². The molecule has 3 aromatic carbocycles. The summed E-state index contributed by atoms with van der Waals surface area (Å²) in [7, 11) is 0. The number of rotatable bonds is 6. The Kier molecular flexibility index (Phi) is 6.15. The number of carbonyl (C=O) groups excluding carboxylic acids is 1. The molecule has 0 saturated carbocycles. The third kappa shape index (κ3) is 4.42. The van der Waals surface area contributed by atoms with Crippen molar-refractivity contribution in [1.29, 1.82) is 0 Å². The number of nitrogens with one attached hydrogen (secondary N) is 1. The number of aryl methyl sites for hydroxylation is 2. The molecule has 2 atom stereocenters. The molecule has 0 aromatic heterocycles. The molecule has 28 heavy (non-hydrogen) atoms. The van der Waals surface area contributed by atoms with Gasteiger partial charge in [0.2, 0.25) is 0 Å². The third-order valence-corrected chi connectivity index (χ3v) is 5.15. The number of ether oxygens (including phenoxy) is 1. The molecule has 0 radical (unpaired) electrons. The Morgan fingerprint density at radius 1 is 0.821 bits per heavy atom. The molecule has 3 nitrogen and oxygen atoms in total. The Labute approximate surface area is 167 Å². The first kappa shape index (κ1) is 19.7. The predicted molar refractivity (Wildman–Crippen MR) is 114 cm³/mol. The van der Waals surface area contributed by atoms with Crippen molar-refractivity contribution in [2.45, 2.75) is 39.8 Å². The second-order valence-corrected chi connectivity index (χ2v) is 7.17. The van der Waals surface area contributed by atoms with Crippen LogP contribution in [0.5, 0.6) is 5.75 Å². The van der Waals surface area contributed by atoms with E-state index < -0.39 is 6.10 Å². The maximum Gasteiger partial charge on any atom is 0.261 e. The Morgan fingerprint density at radius 2 is 1.46 bits per heavy atom. The molecule has 0 spiro atoms. The predicted octanol–water partition coefficient (Wildman–Crippen LogP) is 5.28. The molecule has 0 aliphatic carbocycles. The van der Waals surface area contributed by atoms with Crippen LogP contribution in [-0.2, 0) is 4.79 Å². The molecule has 1 amide bonds. The van der Waals surface area contributed by atoms with E-state index in [0.717, 1.165) is 33.6 Å². The second kappa shape index (κ2) is 8.75. The molecule has 0 bridgehead atoms. The lowest BCUT2D eigenvalue weighted by atomic mass is 9.95. The fourth-order valence-electron chi connectivity index (χ4n) is 3.25. The zero-order valence-corrected chi connectivity index (χ0v) is 16.9. The molecule has 0 aliphatic heterocycles. The van der Waals surface area contributed by atoms with Crippen LogP contribution >= 0.6 is 0 Å². The van der Waals surface area contributed by atoms with Crippen molar-refractivity contribution in [2.75, 3.05) is 0 Å². The van der Waals surface area contributed by atoms with E-state index >= 15 is 0 Å². The molecule has 3 rings (SSSR count).